The molecule has 11 heteroatoms. The number of rotatable bonds is 9. The van der Waals surface area contributed by atoms with Crippen molar-refractivity contribution in [1.82, 2.24) is 21.0 Å². The van der Waals surface area contributed by atoms with E-state index in [9.17, 15) is 14.4 Å². The third-order valence-corrected chi connectivity index (χ3v) is 10.9. The van der Waals surface area contributed by atoms with Gasteiger partial charge in [0.05, 0.1) is 13.2 Å². The fourth-order valence-corrected chi connectivity index (χ4v) is 9.43. The van der Waals surface area contributed by atoms with Crippen LogP contribution in [-0.4, -0.2) is 78.3 Å². The minimum absolute atomic E-state index is 0.0110. The Kier molecular flexibility index (Phi) is 5.56. The Bertz CT molecular complexity index is 1080. The molecule has 7 unspecified atom stereocenters. The Morgan fingerprint density at radius 1 is 1.21 bits per heavy atom. The first kappa shape index (κ1) is 25.7. The molecule has 3 amide bonds. The van der Waals surface area contributed by atoms with Crippen LogP contribution in [0.2, 0.25) is 0 Å². The van der Waals surface area contributed by atoms with Crippen molar-refractivity contribution in [3.63, 3.8) is 0 Å². The van der Waals surface area contributed by atoms with Crippen LogP contribution in [-0.2, 0) is 14.3 Å². The molecule has 38 heavy (non-hydrogen) atoms. The highest BCUT2D eigenvalue weighted by molar-refractivity contribution is 6.02. The minimum atomic E-state index is -0.681. The van der Waals surface area contributed by atoms with Gasteiger partial charge in [0, 0.05) is 41.8 Å². The van der Waals surface area contributed by atoms with Gasteiger partial charge in [0.1, 0.15) is 11.0 Å². The number of amides is 3. The van der Waals surface area contributed by atoms with E-state index < -0.39 is 28.7 Å². The Balaban J connectivity index is 1.14. The van der Waals surface area contributed by atoms with E-state index in [1.807, 2.05) is 25.1 Å². The smallest absolute Gasteiger partial charge is 0.407 e. The van der Waals surface area contributed by atoms with Crippen LogP contribution >= 0.6 is 0 Å². The molecule has 9 atom stereocenters. The molecule has 1 spiro atoms. The maximum atomic E-state index is 14.0. The largest absolute Gasteiger partial charge is 0.453 e. The highest BCUT2D eigenvalue weighted by atomic mass is 16.6. The summed E-state index contributed by atoms with van der Waals surface area (Å²) in [5.74, 6) is 1.41. The molecule has 1 heterocycles. The summed E-state index contributed by atoms with van der Waals surface area (Å²) in [6.07, 6.45) is 5.88. The zero-order valence-electron chi connectivity index (χ0n) is 23.1. The van der Waals surface area contributed by atoms with Crippen molar-refractivity contribution in [2.24, 2.45) is 39.4 Å². The number of alkyl carbamates (subject to hydrolysis) is 1. The molecular formula is C27H42N6O5. The van der Waals surface area contributed by atoms with Crippen LogP contribution in [0.4, 0.5) is 9.59 Å². The molecule has 210 valence electrons. The molecule has 11 nitrogen and oxygen atoms in total. The average Bonchev–Trinajstić information content (AvgIpc) is 3.41. The first-order valence-electron chi connectivity index (χ1n) is 14.1. The van der Waals surface area contributed by atoms with E-state index in [1.54, 1.807) is 0 Å². The van der Waals surface area contributed by atoms with Crippen LogP contribution in [0.5, 0.6) is 0 Å². The Hall–Kier alpha value is -2.56. The molecule has 2 bridgehead atoms. The van der Waals surface area contributed by atoms with Gasteiger partial charge in [0.25, 0.3) is 0 Å². The van der Waals surface area contributed by atoms with Gasteiger partial charge < -0.3 is 31.2 Å². The number of nitrogens with zero attached hydrogens (tertiary/aromatic N) is 2. The van der Waals surface area contributed by atoms with Gasteiger partial charge in [-0.1, -0.05) is 13.8 Å². The van der Waals surface area contributed by atoms with Gasteiger partial charge in [-0.25, -0.2) is 9.59 Å². The summed E-state index contributed by atoms with van der Waals surface area (Å²) in [6, 6.07) is 0.469. The van der Waals surface area contributed by atoms with E-state index in [0.717, 1.165) is 25.7 Å². The molecule has 6 rings (SSSR count). The lowest BCUT2D eigenvalue weighted by atomic mass is 9.35. The summed E-state index contributed by atoms with van der Waals surface area (Å²) in [5.41, 5.74) is 3.88. The summed E-state index contributed by atoms with van der Waals surface area (Å²) in [7, 11) is 1.36. The van der Waals surface area contributed by atoms with Crippen LogP contribution in [0.3, 0.4) is 0 Å². The second-order valence-corrected chi connectivity index (χ2v) is 13.6. The topological polar surface area (TPSA) is 147 Å². The van der Waals surface area contributed by atoms with Crippen molar-refractivity contribution in [2.45, 2.75) is 102 Å². The van der Waals surface area contributed by atoms with Gasteiger partial charge in [-0.3, -0.25) is 9.80 Å². The third kappa shape index (κ3) is 3.35. The predicted octanol–water partition coefficient (Wildman–Crippen LogP) is 1.71. The maximum Gasteiger partial charge on any atom is 0.407 e. The molecule has 6 aliphatic rings. The van der Waals surface area contributed by atoms with Crippen molar-refractivity contribution in [3.8, 4) is 0 Å². The number of hydrogen-bond donors (Lipinski definition) is 4. The molecule has 0 aromatic rings. The summed E-state index contributed by atoms with van der Waals surface area (Å²) in [5, 5.41) is 16.8. The van der Waals surface area contributed by atoms with E-state index in [0.29, 0.717) is 37.1 Å². The Morgan fingerprint density at radius 3 is 2.66 bits per heavy atom. The van der Waals surface area contributed by atoms with Crippen LogP contribution in [0.15, 0.2) is 5.10 Å². The van der Waals surface area contributed by atoms with Gasteiger partial charge in [-0.2, -0.15) is 5.10 Å². The van der Waals surface area contributed by atoms with Crippen molar-refractivity contribution >= 4 is 24.3 Å². The molecule has 0 aromatic heterocycles. The standard InChI is InChI=1S/C27H42N6O5/c1-14(2)30-18-12-25(13-29-33(20(18)25)7-6-24(3,4)32-23(36)37-5)21(34)31-19-15-8-16-10-26(38-22(28)35)11-17(19)27(16,26)9-15/h13-20,30H,6-12H2,1-5H3,(H2,28,35)(H,31,34)(H,32,36)/t15?,16?,17?,18?,19-,20?,25?,26+,27?/m1/s1. The number of ether oxygens (including phenoxy) is 2. The fraction of sp³-hybridized carbons (Fsp3) is 0.852. The van der Waals surface area contributed by atoms with E-state index >= 15 is 0 Å². The van der Waals surface area contributed by atoms with Gasteiger partial charge in [0.15, 0.2) is 0 Å². The molecule has 0 radical (unpaired) electrons. The van der Waals surface area contributed by atoms with Crippen LogP contribution in [0.25, 0.3) is 0 Å². The quantitative estimate of drug-likeness (QED) is 0.355. The maximum absolute atomic E-state index is 14.0. The number of fused-ring (bicyclic) bond motifs is 2. The molecular weight excluding hydrogens is 488 g/mol. The lowest BCUT2D eigenvalue weighted by molar-refractivity contribution is -0.305. The van der Waals surface area contributed by atoms with E-state index in [2.05, 4.69) is 29.8 Å². The number of carbonyl (C=O) groups is 3. The summed E-state index contributed by atoms with van der Waals surface area (Å²) >= 11 is 0. The molecule has 5 N–H and O–H groups in total. The lowest BCUT2D eigenvalue weighted by Gasteiger charge is -2.73. The zero-order chi connectivity index (χ0) is 27.3. The minimum Gasteiger partial charge on any atom is -0.453 e. The van der Waals surface area contributed by atoms with Crippen LogP contribution in [0.1, 0.15) is 66.2 Å². The van der Waals surface area contributed by atoms with Gasteiger partial charge >= 0.3 is 12.2 Å². The molecule has 5 saturated carbocycles. The number of hydrogen-bond acceptors (Lipinski definition) is 8. The van der Waals surface area contributed by atoms with Gasteiger partial charge in [0.2, 0.25) is 5.91 Å². The number of nitrogens with two attached hydrogens (primary N) is 1. The number of carbonyl (C=O) groups excluding carboxylic acids is 3. The zero-order valence-corrected chi connectivity index (χ0v) is 23.1. The van der Waals surface area contributed by atoms with Crippen LogP contribution < -0.4 is 21.7 Å². The van der Waals surface area contributed by atoms with Crippen molar-refractivity contribution < 1.29 is 23.9 Å². The molecule has 5 fully saturated rings. The van der Waals surface area contributed by atoms with Crippen molar-refractivity contribution in [3.05, 3.63) is 0 Å². The van der Waals surface area contributed by atoms with Gasteiger partial charge in [-0.05, 0) is 70.1 Å². The normalized spacial score (nSPS) is 42.9. The fourth-order valence-electron chi connectivity index (χ4n) is 9.43. The first-order chi connectivity index (χ1) is 17.9. The monoisotopic (exact) mass is 530 g/mol. The summed E-state index contributed by atoms with van der Waals surface area (Å²) < 4.78 is 10.4. The lowest BCUT2D eigenvalue weighted by Crippen LogP contribution is -2.78. The number of primary amides is 1. The van der Waals surface area contributed by atoms with E-state index in [-0.39, 0.29) is 35.5 Å². The average molecular weight is 531 g/mol. The van der Waals surface area contributed by atoms with Gasteiger partial charge in [-0.15, -0.1) is 0 Å². The molecule has 0 aromatic carbocycles. The molecule has 1 aliphatic heterocycles. The first-order valence-corrected chi connectivity index (χ1v) is 14.1. The second-order valence-electron chi connectivity index (χ2n) is 13.6. The Morgan fingerprint density at radius 2 is 1.97 bits per heavy atom. The molecule has 0 saturated heterocycles. The van der Waals surface area contributed by atoms with E-state index in [4.69, 9.17) is 20.3 Å². The Labute approximate surface area is 224 Å². The predicted molar refractivity (Wildman–Crippen MR) is 139 cm³/mol. The van der Waals surface area contributed by atoms with E-state index in [1.165, 1.54) is 7.11 Å². The molecule has 5 aliphatic carbocycles. The number of nitrogens with one attached hydrogen (secondary N) is 3. The van der Waals surface area contributed by atoms with Crippen molar-refractivity contribution in [1.29, 1.82) is 0 Å². The number of methoxy groups -OCH3 is 1. The summed E-state index contributed by atoms with van der Waals surface area (Å²) in [4.78, 5) is 37.4. The highest BCUT2D eigenvalue weighted by Gasteiger charge is 2.86. The van der Waals surface area contributed by atoms with Crippen molar-refractivity contribution in [2.75, 3.05) is 13.7 Å². The second kappa shape index (κ2) is 8.22. The number of hydrazone groups is 1. The summed E-state index contributed by atoms with van der Waals surface area (Å²) in [6.45, 7) is 8.75. The SMILES string of the molecule is COC(=O)NC(C)(C)CCN1N=CC2(C(=O)N[C@@H]3C4CC5C[C@]6(OC(N)=O)CC3C56C4)CC(NC(C)C)C12. The highest BCUT2D eigenvalue weighted by Crippen LogP contribution is 2.83. The third-order valence-electron chi connectivity index (χ3n) is 10.9. The van der Waals surface area contributed by atoms with Crippen LogP contribution in [0, 0.1) is 28.6 Å².